The smallest absolute Gasteiger partial charge is 0.226 e. The number of rotatable bonds is 4. The molecule has 0 saturated carbocycles. The second kappa shape index (κ2) is 10.2. The lowest BCUT2D eigenvalue weighted by Gasteiger charge is -2.13. The first kappa shape index (κ1) is 25.7. The molecule has 6 heteroatoms. The Hall–Kier alpha value is -5.78. The van der Waals surface area contributed by atoms with Crippen LogP contribution in [0.15, 0.2) is 133 Å². The predicted octanol–water partition coefficient (Wildman–Crippen LogP) is 10.5. The van der Waals surface area contributed by atoms with E-state index in [1.54, 1.807) is 0 Å². The molecule has 0 fully saturated rings. The number of hydrogen-bond acceptors (Lipinski definition) is 3. The van der Waals surface area contributed by atoms with Crippen LogP contribution in [0.4, 0.5) is 0 Å². The summed E-state index contributed by atoms with van der Waals surface area (Å²) in [7, 11) is 0. The SMILES string of the molecule is Clc1nc(-c2ccccc2)nc(-c2cc(-c3cccc4c3[nH]c3ccccc34)cc(-c3cccc4c3[nH]c3ccccc34)c2)n1. The summed E-state index contributed by atoms with van der Waals surface area (Å²) in [6.07, 6.45) is 0. The van der Waals surface area contributed by atoms with Crippen molar-refractivity contribution in [3.8, 4) is 45.0 Å². The van der Waals surface area contributed by atoms with Crippen molar-refractivity contribution in [1.29, 1.82) is 0 Å². The van der Waals surface area contributed by atoms with Crippen LogP contribution in [0, 0.1) is 0 Å². The summed E-state index contributed by atoms with van der Waals surface area (Å²) < 4.78 is 0. The lowest BCUT2D eigenvalue weighted by atomic mass is 9.93. The largest absolute Gasteiger partial charge is 0.354 e. The van der Waals surface area contributed by atoms with Gasteiger partial charge in [-0.25, -0.2) is 4.98 Å². The van der Waals surface area contributed by atoms with Crippen LogP contribution in [-0.2, 0) is 0 Å². The monoisotopic (exact) mass is 597 g/mol. The van der Waals surface area contributed by atoms with Gasteiger partial charge in [0, 0.05) is 54.8 Å². The number of para-hydroxylation sites is 4. The molecule has 0 aliphatic carbocycles. The molecule has 0 unspecified atom stereocenters. The van der Waals surface area contributed by atoms with Gasteiger partial charge in [0.2, 0.25) is 5.28 Å². The lowest BCUT2D eigenvalue weighted by molar-refractivity contribution is 1.07. The molecular weight excluding hydrogens is 574 g/mol. The fourth-order valence-corrected chi connectivity index (χ4v) is 6.65. The molecule has 2 N–H and O–H groups in total. The number of benzene rings is 6. The highest BCUT2D eigenvalue weighted by atomic mass is 35.5. The quantitative estimate of drug-likeness (QED) is 0.212. The Morgan fingerprint density at radius 3 is 1.44 bits per heavy atom. The summed E-state index contributed by atoms with van der Waals surface area (Å²) in [5.74, 6) is 1.05. The zero-order valence-electron chi connectivity index (χ0n) is 23.9. The van der Waals surface area contributed by atoms with Crippen molar-refractivity contribution in [2.24, 2.45) is 0 Å². The van der Waals surface area contributed by atoms with Crippen LogP contribution in [0.3, 0.4) is 0 Å². The van der Waals surface area contributed by atoms with E-state index in [0.29, 0.717) is 11.6 Å². The van der Waals surface area contributed by atoms with Crippen molar-refractivity contribution in [3.63, 3.8) is 0 Å². The number of H-pyrrole nitrogens is 2. The van der Waals surface area contributed by atoms with Crippen molar-refractivity contribution in [2.75, 3.05) is 0 Å². The van der Waals surface area contributed by atoms with Crippen LogP contribution >= 0.6 is 11.6 Å². The third-order valence-electron chi connectivity index (χ3n) is 8.54. The first-order valence-electron chi connectivity index (χ1n) is 14.8. The van der Waals surface area contributed by atoms with E-state index in [4.69, 9.17) is 16.6 Å². The molecule has 9 rings (SSSR count). The lowest BCUT2D eigenvalue weighted by Crippen LogP contribution is -1.98. The zero-order chi connectivity index (χ0) is 29.9. The Morgan fingerprint density at radius 1 is 0.400 bits per heavy atom. The average Bonchev–Trinajstić information content (AvgIpc) is 3.67. The molecular formula is C39H24ClN5. The van der Waals surface area contributed by atoms with Crippen molar-refractivity contribution in [1.82, 2.24) is 24.9 Å². The number of aromatic amines is 2. The van der Waals surface area contributed by atoms with Crippen molar-refractivity contribution in [2.45, 2.75) is 0 Å². The topological polar surface area (TPSA) is 70.2 Å². The second-order valence-electron chi connectivity index (χ2n) is 11.2. The van der Waals surface area contributed by atoms with Gasteiger partial charge in [0.05, 0.1) is 11.0 Å². The second-order valence-corrected chi connectivity index (χ2v) is 11.6. The van der Waals surface area contributed by atoms with Crippen LogP contribution in [0.5, 0.6) is 0 Å². The number of nitrogens with zero attached hydrogens (tertiary/aromatic N) is 3. The molecule has 0 radical (unpaired) electrons. The fraction of sp³-hybridized carbons (Fsp3) is 0. The van der Waals surface area contributed by atoms with Crippen LogP contribution in [0.25, 0.3) is 88.6 Å². The summed E-state index contributed by atoms with van der Waals surface area (Å²) in [4.78, 5) is 21.4. The highest BCUT2D eigenvalue weighted by Crippen LogP contribution is 2.40. The Labute approximate surface area is 263 Å². The highest BCUT2D eigenvalue weighted by molar-refractivity contribution is 6.28. The Morgan fingerprint density at radius 2 is 0.867 bits per heavy atom. The van der Waals surface area contributed by atoms with Gasteiger partial charge in [-0.15, -0.1) is 0 Å². The molecule has 5 nitrogen and oxygen atoms in total. The van der Waals surface area contributed by atoms with E-state index in [-0.39, 0.29) is 5.28 Å². The molecule has 212 valence electrons. The van der Waals surface area contributed by atoms with Crippen LogP contribution in [0.2, 0.25) is 5.28 Å². The molecule has 0 saturated heterocycles. The molecule has 0 amide bonds. The molecule has 0 atom stereocenters. The van der Waals surface area contributed by atoms with Crippen LogP contribution < -0.4 is 0 Å². The van der Waals surface area contributed by atoms with E-state index in [9.17, 15) is 0 Å². The summed E-state index contributed by atoms with van der Waals surface area (Å²) in [5, 5.41) is 4.92. The van der Waals surface area contributed by atoms with Gasteiger partial charge in [0.1, 0.15) is 0 Å². The standard InChI is InChI=1S/C39H24ClN5/c40-39-44-37(23-10-2-1-3-11-23)43-38(45-39)26-21-24(27-14-8-16-31-29-12-4-6-18-33(29)41-35(27)31)20-25(22-26)28-15-9-17-32-30-13-5-7-19-34(30)42-36(28)32/h1-22,41-42H. The van der Waals surface area contributed by atoms with Gasteiger partial charge in [0.15, 0.2) is 11.6 Å². The molecule has 0 spiro atoms. The van der Waals surface area contributed by atoms with Gasteiger partial charge in [-0.1, -0.05) is 103 Å². The van der Waals surface area contributed by atoms with E-state index in [1.165, 1.54) is 21.5 Å². The molecule has 0 bridgehead atoms. The maximum atomic E-state index is 6.54. The number of aromatic nitrogens is 5. The summed E-state index contributed by atoms with van der Waals surface area (Å²) >= 11 is 6.54. The molecule has 0 aliphatic rings. The van der Waals surface area contributed by atoms with E-state index in [2.05, 4.69) is 123 Å². The van der Waals surface area contributed by atoms with Crippen molar-refractivity contribution < 1.29 is 0 Å². The minimum atomic E-state index is 0.154. The summed E-state index contributed by atoms with van der Waals surface area (Å²) in [5.41, 5.74) is 10.4. The molecule has 3 aromatic heterocycles. The fourth-order valence-electron chi connectivity index (χ4n) is 6.49. The predicted molar refractivity (Wildman–Crippen MR) is 185 cm³/mol. The molecule has 45 heavy (non-hydrogen) atoms. The number of fused-ring (bicyclic) bond motifs is 6. The number of halogens is 1. The van der Waals surface area contributed by atoms with Crippen LogP contribution in [0.1, 0.15) is 0 Å². The summed E-state index contributed by atoms with van der Waals surface area (Å²) in [6, 6.07) is 46.2. The van der Waals surface area contributed by atoms with Crippen LogP contribution in [-0.4, -0.2) is 24.9 Å². The summed E-state index contributed by atoms with van der Waals surface area (Å²) in [6.45, 7) is 0. The molecule has 6 aromatic carbocycles. The van der Waals surface area contributed by atoms with E-state index in [1.807, 2.05) is 30.3 Å². The zero-order valence-corrected chi connectivity index (χ0v) is 24.7. The minimum Gasteiger partial charge on any atom is -0.354 e. The van der Waals surface area contributed by atoms with Gasteiger partial charge in [-0.05, 0) is 53.1 Å². The number of hydrogen-bond donors (Lipinski definition) is 2. The Bertz CT molecular complexity index is 2430. The van der Waals surface area contributed by atoms with E-state index in [0.717, 1.165) is 55.4 Å². The van der Waals surface area contributed by atoms with Gasteiger partial charge >= 0.3 is 0 Å². The third-order valence-corrected chi connectivity index (χ3v) is 8.71. The minimum absolute atomic E-state index is 0.154. The molecule has 3 heterocycles. The van der Waals surface area contributed by atoms with Gasteiger partial charge in [-0.2, -0.15) is 9.97 Å². The van der Waals surface area contributed by atoms with Crippen molar-refractivity contribution in [3.05, 3.63) is 139 Å². The Kier molecular flexibility index (Phi) is 5.80. The Balaban J connectivity index is 1.32. The normalized spacial score (nSPS) is 11.7. The number of nitrogens with one attached hydrogen (secondary N) is 2. The maximum Gasteiger partial charge on any atom is 0.226 e. The third kappa shape index (κ3) is 4.28. The van der Waals surface area contributed by atoms with Gasteiger partial charge < -0.3 is 9.97 Å². The molecule has 9 aromatic rings. The van der Waals surface area contributed by atoms with Crippen molar-refractivity contribution >= 4 is 55.2 Å². The van der Waals surface area contributed by atoms with Gasteiger partial charge in [-0.3, -0.25) is 0 Å². The van der Waals surface area contributed by atoms with E-state index >= 15 is 0 Å². The van der Waals surface area contributed by atoms with E-state index < -0.39 is 0 Å². The average molecular weight is 598 g/mol. The highest BCUT2D eigenvalue weighted by Gasteiger charge is 2.17. The maximum absolute atomic E-state index is 6.54. The van der Waals surface area contributed by atoms with Gasteiger partial charge in [0.25, 0.3) is 0 Å². The molecule has 0 aliphatic heterocycles. The first-order chi connectivity index (χ1) is 22.2. The first-order valence-corrected chi connectivity index (χ1v) is 15.2.